The normalized spacial score (nSPS) is 18.3. The second-order valence-corrected chi connectivity index (χ2v) is 6.52. The smallest absolute Gasteiger partial charge is 0.147 e. The zero-order valence-electron chi connectivity index (χ0n) is 12.2. The van der Waals surface area contributed by atoms with Crippen LogP contribution in [0.2, 0.25) is 0 Å². The van der Waals surface area contributed by atoms with E-state index in [0.29, 0.717) is 6.04 Å². The van der Waals surface area contributed by atoms with Gasteiger partial charge in [0, 0.05) is 12.6 Å². The van der Waals surface area contributed by atoms with Crippen molar-refractivity contribution >= 4 is 27.4 Å². The van der Waals surface area contributed by atoms with Gasteiger partial charge in [0.1, 0.15) is 12.1 Å². The third-order valence-corrected chi connectivity index (χ3v) is 5.20. The Balaban J connectivity index is 1.67. The molecule has 3 heterocycles. The third kappa shape index (κ3) is 2.79. The van der Waals surface area contributed by atoms with Gasteiger partial charge in [-0.2, -0.15) is 0 Å². The van der Waals surface area contributed by atoms with Crippen molar-refractivity contribution in [3.8, 4) is 0 Å². The Kier molecular flexibility index (Phi) is 4.17. The first-order chi connectivity index (χ1) is 9.75. The minimum atomic E-state index is 0.557. The Morgan fingerprint density at radius 2 is 2.10 bits per heavy atom. The first kappa shape index (κ1) is 13.8. The molecule has 1 fully saturated rings. The summed E-state index contributed by atoms with van der Waals surface area (Å²) < 4.78 is 1.18. The number of hydrogen-bond donors (Lipinski definition) is 1. The van der Waals surface area contributed by atoms with Crippen molar-refractivity contribution in [3.63, 3.8) is 0 Å². The molecule has 0 saturated carbocycles. The summed E-state index contributed by atoms with van der Waals surface area (Å²) in [6, 6.07) is 0.557. The second kappa shape index (κ2) is 6.06. The number of anilines is 1. The monoisotopic (exact) mass is 290 g/mol. The fourth-order valence-corrected chi connectivity index (χ4v) is 3.80. The fraction of sp³-hybridized carbons (Fsp3) is 0.600. The van der Waals surface area contributed by atoms with E-state index in [4.69, 9.17) is 0 Å². The molecule has 0 bridgehead atoms. The van der Waals surface area contributed by atoms with E-state index in [1.165, 1.54) is 42.6 Å². The van der Waals surface area contributed by atoms with Gasteiger partial charge in [-0.3, -0.25) is 4.90 Å². The highest BCUT2D eigenvalue weighted by molar-refractivity contribution is 7.18. The van der Waals surface area contributed by atoms with Crippen LogP contribution in [0.25, 0.3) is 10.2 Å². The highest BCUT2D eigenvalue weighted by Gasteiger charge is 2.17. The van der Waals surface area contributed by atoms with Crippen LogP contribution < -0.4 is 5.32 Å². The molecule has 0 aromatic carbocycles. The molecule has 3 rings (SSSR count). The molecule has 1 aliphatic heterocycles. The van der Waals surface area contributed by atoms with Gasteiger partial charge in [-0.1, -0.05) is 6.42 Å². The molecular weight excluding hydrogens is 268 g/mol. The van der Waals surface area contributed by atoms with Crippen LogP contribution in [0.3, 0.4) is 0 Å². The SMILES string of the molecule is Cc1csc2c(NCC(C)N3CCCCC3)ncnc12. The number of nitrogens with one attached hydrogen (secondary N) is 1. The molecule has 0 radical (unpaired) electrons. The van der Waals surface area contributed by atoms with Crippen LogP contribution >= 0.6 is 11.3 Å². The summed E-state index contributed by atoms with van der Waals surface area (Å²) in [6.45, 7) is 7.83. The lowest BCUT2D eigenvalue weighted by atomic mass is 10.1. The van der Waals surface area contributed by atoms with Crippen molar-refractivity contribution in [1.82, 2.24) is 14.9 Å². The Hall–Kier alpha value is -1.20. The lowest BCUT2D eigenvalue weighted by molar-refractivity contribution is 0.180. The van der Waals surface area contributed by atoms with Crippen LogP contribution in [0.1, 0.15) is 31.7 Å². The summed E-state index contributed by atoms with van der Waals surface area (Å²) in [4.78, 5) is 11.4. The van der Waals surface area contributed by atoms with Gasteiger partial charge in [0.2, 0.25) is 0 Å². The molecule has 0 spiro atoms. The molecule has 2 aromatic heterocycles. The van der Waals surface area contributed by atoms with E-state index in [2.05, 4.69) is 39.4 Å². The second-order valence-electron chi connectivity index (χ2n) is 5.65. The van der Waals surface area contributed by atoms with E-state index < -0.39 is 0 Å². The maximum absolute atomic E-state index is 4.41. The van der Waals surface area contributed by atoms with Crippen LogP contribution in [-0.2, 0) is 0 Å². The molecule has 4 nitrogen and oxygen atoms in total. The van der Waals surface area contributed by atoms with E-state index in [1.54, 1.807) is 17.7 Å². The maximum atomic E-state index is 4.41. The van der Waals surface area contributed by atoms with Crippen LogP contribution in [0, 0.1) is 6.92 Å². The average Bonchev–Trinajstić information content (AvgIpc) is 2.88. The number of aryl methyl sites for hydroxylation is 1. The van der Waals surface area contributed by atoms with Gasteiger partial charge < -0.3 is 5.32 Å². The quantitative estimate of drug-likeness (QED) is 0.938. The van der Waals surface area contributed by atoms with Crippen molar-refractivity contribution in [2.24, 2.45) is 0 Å². The van der Waals surface area contributed by atoms with Crippen molar-refractivity contribution in [2.75, 3.05) is 25.0 Å². The van der Waals surface area contributed by atoms with Crippen molar-refractivity contribution in [3.05, 3.63) is 17.3 Å². The molecule has 0 aliphatic carbocycles. The zero-order valence-corrected chi connectivity index (χ0v) is 13.0. The molecule has 1 atom stereocenters. The third-order valence-electron chi connectivity index (χ3n) is 4.11. The Bertz CT molecular complexity index is 574. The molecule has 1 saturated heterocycles. The number of fused-ring (bicyclic) bond motifs is 1. The highest BCUT2D eigenvalue weighted by Crippen LogP contribution is 2.28. The predicted molar refractivity (Wildman–Crippen MR) is 85.5 cm³/mol. The first-order valence-corrected chi connectivity index (χ1v) is 8.30. The topological polar surface area (TPSA) is 41.0 Å². The fourth-order valence-electron chi connectivity index (χ4n) is 2.83. The molecule has 5 heteroatoms. The molecule has 20 heavy (non-hydrogen) atoms. The summed E-state index contributed by atoms with van der Waals surface area (Å²) in [7, 11) is 0. The van der Waals surface area contributed by atoms with Crippen LogP contribution in [0.5, 0.6) is 0 Å². The van der Waals surface area contributed by atoms with Crippen LogP contribution in [0.4, 0.5) is 5.82 Å². The predicted octanol–water partition coefficient (Wildman–Crippen LogP) is 3.29. The zero-order chi connectivity index (χ0) is 13.9. The summed E-state index contributed by atoms with van der Waals surface area (Å²) >= 11 is 1.73. The van der Waals surface area contributed by atoms with E-state index >= 15 is 0 Å². The van der Waals surface area contributed by atoms with E-state index in [9.17, 15) is 0 Å². The number of thiophene rings is 1. The lowest BCUT2D eigenvalue weighted by Gasteiger charge is -2.32. The van der Waals surface area contributed by atoms with Gasteiger partial charge in [0.15, 0.2) is 0 Å². The molecule has 2 aromatic rings. The number of likely N-dealkylation sites (tertiary alicyclic amines) is 1. The number of hydrogen-bond acceptors (Lipinski definition) is 5. The van der Waals surface area contributed by atoms with Crippen molar-refractivity contribution in [1.29, 1.82) is 0 Å². The van der Waals surface area contributed by atoms with Crippen LogP contribution in [-0.4, -0.2) is 40.5 Å². The average molecular weight is 290 g/mol. The number of aromatic nitrogens is 2. The van der Waals surface area contributed by atoms with E-state index in [0.717, 1.165) is 17.9 Å². The highest BCUT2D eigenvalue weighted by atomic mass is 32.1. The minimum absolute atomic E-state index is 0.557. The van der Waals surface area contributed by atoms with E-state index in [1.807, 2.05) is 0 Å². The number of nitrogens with zero attached hydrogens (tertiary/aromatic N) is 3. The van der Waals surface area contributed by atoms with Gasteiger partial charge in [-0.25, -0.2) is 9.97 Å². The Morgan fingerprint density at radius 1 is 1.30 bits per heavy atom. The summed E-state index contributed by atoms with van der Waals surface area (Å²) in [5.74, 6) is 0.983. The maximum Gasteiger partial charge on any atom is 0.147 e. The standard InChI is InChI=1S/C15H22N4S/c1-11-9-20-14-13(11)17-10-18-15(14)16-8-12(2)19-6-4-3-5-7-19/h9-10,12H,3-8H2,1-2H3,(H,16,17,18). The minimum Gasteiger partial charge on any atom is -0.367 e. The van der Waals surface area contributed by atoms with Gasteiger partial charge in [0.05, 0.1) is 10.2 Å². The van der Waals surface area contributed by atoms with E-state index in [-0.39, 0.29) is 0 Å². The summed E-state index contributed by atoms with van der Waals surface area (Å²) in [5.41, 5.74) is 2.32. The van der Waals surface area contributed by atoms with Gasteiger partial charge in [0.25, 0.3) is 0 Å². The first-order valence-electron chi connectivity index (χ1n) is 7.42. The number of piperidine rings is 1. The van der Waals surface area contributed by atoms with Crippen molar-refractivity contribution in [2.45, 2.75) is 39.2 Å². The van der Waals surface area contributed by atoms with Gasteiger partial charge in [-0.05, 0) is 50.7 Å². The van der Waals surface area contributed by atoms with Crippen molar-refractivity contribution < 1.29 is 0 Å². The number of rotatable bonds is 4. The van der Waals surface area contributed by atoms with Crippen LogP contribution in [0.15, 0.2) is 11.7 Å². The van der Waals surface area contributed by atoms with Gasteiger partial charge >= 0.3 is 0 Å². The summed E-state index contributed by atoms with van der Waals surface area (Å²) in [6.07, 6.45) is 5.73. The van der Waals surface area contributed by atoms with Gasteiger partial charge in [-0.15, -0.1) is 11.3 Å². The molecule has 0 amide bonds. The molecular formula is C15H22N4S. The Labute approximate surface area is 124 Å². The largest absolute Gasteiger partial charge is 0.367 e. The molecule has 1 N–H and O–H groups in total. The summed E-state index contributed by atoms with van der Waals surface area (Å²) in [5, 5.41) is 5.67. The Morgan fingerprint density at radius 3 is 2.90 bits per heavy atom. The molecule has 1 aliphatic rings. The lowest BCUT2D eigenvalue weighted by Crippen LogP contribution is -2.41. The molecule has 1 unspecified atom stereocenters. The molecule has 108 valence electrons.